The number of ether oxygens (including phenoxy) is 3. The van der Waals surface area contributed by atoms with E-state index >= 15 is 0 Å². The van der Waals surface area contributed by atoms with Crippen molar-refractivity contribution in [2.45, 2.75) is 38.5 Å². The van der Waals surface area contributed by atoms with Crippen LogP contribution in [-0.2, 0) is 16.0 Å². The van der Waals surface area contributed by atoms with E-state index in [4.69, 9.17) is 25.8 Å². The Hall–Kier alpha value is -3.32. The zero-order chi connectivity index (χ0) is 25.5. The Labute approximate surface area is 217 Å². The molecule has 1 aliphatic carbocycles. The van der Waals surface area contributed by atoms with Crippen LogP contribution in [0.2, 0.25) is 5.28 Å². The van der Waals surface area contributed by atoms with Crippen molar-refractivity contribution in [3.8, 4) is 22.6 Å². The number of aryl methyl sites for hydroxylation is 1. The zero-order valence-electron chi connectivity index (χ0n) is 21.0. The molecular weight excluding hydrogens is 478 g/mol. The van der Waals surface area contributed by atoms with E-state index in [0.717, 1.165) is 54.3 Å². The van der Waals surface area contributed by atoms with Crippen molar-refractivity contribution in [1.29, 1.82) is 0 Å². The molecule has 0 saturated carbocycles. The molecule has 1 heterocycles. The molecule has 7 nitrogen and oxygen atoms in total. The molecular formula is C28H32ClN3O4. The summed E-state index contributed by atoms with van der Waals surface area (Å²) in [6.07, 6.45) is 4.93. The molecule has 0 unspecified atom stereocenters. The van der Waals surface area contributed by atoms with Gasteiger partial charge in [0.1, 0.15) is 17.3 Å². The average molecular weight is 510 g/mol. The number of aromatic nitrogens is 2. The van der Waals surface area contributed by atoms with Gasteiger partial charge in [-0.05, 0) is 84.7 Å². The number of carbonyl (C=O) groups is 1. The Morgan fingerprint density at radius 2 is 1.94 bits per heavy atom. The minimum atomic E-state index is -0.125. The van der Waals surface area contributed by atoms with Gasteiger partial charge in [0, 0.05) is 25.4 Å². The largest absolute Gasteiger partial charge is 0.497 e. The van der Waals surface area contributed by atoms with Crippen LogP contribution in [0.3, 0.4) is 0 Å². The van der Waals surface area contributed by atoms with Crippen molar-refractivity contribution in [1.82, 2.24) is 9.97 Å². The molecule has 3 aromatic rings. The lowest BCUT2D eigenvalue weighted by atomic mass is 9.98. The molecule has 190 valence electrons. The molecule has 0 amide bonds. The van der Waals surface area contributed by atoms with E-state index in [1.807, 2.05) is 44.3 Å². The lowest BCUT2D eigenvalue weighted by Crippen LogP contribution is -2.22. The maximum Gasteiger partial charge on any atom is 0.306 e. The van der Waals surface area contributed by atoms with Crippen molar-refractivity contribution in [3.05, 3.63) is 65.1 Å². The SMILES string of the molecule is CCOC(=O)C[C@@H]1CCc2cc(OCCCN(C)c3nc(Cl)ncc3-c3ccc(OC)cc3)ccc21. The van der Waals surface area contributed by atoms with E-state index in [1.165, 1.54) is 11.1 Å². The van der Waals surface area contributed by atoms with Gasteiger partial charge in [-0.1, -0.05) is 18.2 Å². The summed E-state index contributed by atoms with van der Waals surface area (Å²) in [6.45, 7) is 3.58. The number of hydrogen-bond donors (Lipinski definition) is 0. The minimum Gasteiger partial charge on any atom is -0.497 e. The molecule has 0 spiro atoms. The summed E-state index contributed by atoms with van der Waals surface area (Å²) in [4.78, 5) is 22.6. The molecule has 4 rings (SSSR count). The van der Waals surface area contributed by atoms with Gasteiger partial charge in [-0.15, -0.1) is 0 Å². The molecule has 0 N–H and O–H groups in total. The number of esters is 1. The van der Waals surface area contributed by atoms with E-state index in [9.17, 15) is 4.79 Å². The molecule has 8 heteroatoms. The summed E-state index contributed by atoms with van der Waals surface area (Å²) in [6, 6.07) is 14.0. The van der Waals surface area contributed by atoms with Gasteiger partial charge in [-0.3, -0.25) is 4.79 Å². The van der Waals surface area contributed by atoms with E-state index < -0.39 is 0 Å². The van der Waals surface area contributed by atoms with Crippen molar-refractivity contribution in [2.24, 2.45) is 0 Å². The topological polar surface area (TPSA) is 73.8 Å². The van der Waals surface area contributed by atoms with Gasteiger partial charge in [0.2, 0.25) is 5.28 Å². The Bertz CT molecular complexity index is 1190. The van der Waals surface area contributed by atoms with Gasteiger partial charge in [0.25, 0.3) is 0 Å². The second kappa shape index (κ2) is 12.1. The Balaban J connectivity index is 1.33. The third kappa shape index (κ3) is 6.26. The van der Waals surface area contributed by atoms with E-state index in [2.05, 4.69) is 27.0 Å². The molecule has 0 radical (unpaired) electrons. The lowest BCUT2D eigenvalue weighted by Gasteiger charge is -2.21. The summed E-state index contributed by atoms with van der Waals surface area (Å²) in [5.74, 6) is 2.53. The first-order chi connectivity index (χ1) is 17.5. The van der Waals surface area contributed by atoms with Gasteiger partial charge in [-0.2, -0.15) is 4.98 Å². The van der Waals surface area contributed by atoms with Crippen LogP contribution in [0.4, 0.5) is 5.82 Å². The predicted molar refractivity (Wildman–Crippen MR) is 141 cm³/mol. The summed E-state index contributed by atoms with van der Waals surface area (Å²) in [5.41, 5.74) is 4.40. The lowest BCUT2D eigenvalue weighted by molar-refractivity contribution is -0.143. The molecule has 1 aliphatic rings. The molecule has 0 aliphatic heterocycles. The van der Waals surface area contributed by atoms with Crippen LogP contribution in [0.15, 0.2) is 48.7 Å². The Morgan fingerprint density at radius 1 is 1.17 bits per heavy atom. The van der Waals surface area contributed by atoms with E-state index in [1.54, 1.807) is 13.3 Å². The highest BCUT2D eigenvalue weighted by atomic mass is 35.5. The minimum absolute atomic E-state index is 0.125. The molecule has 0 saturated heterocycles. The van der Waals surface area contributed by atoms with Gasteiger partial charge in [0.05, 0.1) is 26.7 Å². The van der Waals surface area contributed by atoms with Crippen LogP contribution in [0.5, 0.6) is 11.5 Å². The van der Waals surface area contributed by atoms with Gasteiger partial charge in [0.15, 0.2) is 0 Å². The maximum atomic E-state index is 11.9. The third-order valence-electron chi connectivity index (χ3n) is 6.44. The fourth-order valence-corrected chi connectivity index (χ4v) is 4.75. The first kappa shape index (κ1) is 25.8. The molecule has 1 aromatic heterocycles. The van der Waals surface area contributed by atoms with Gasteiger partial charge < -0.3 is 19.1 Å². The van der Waals surface area contributed by atoms with Crippen molar-refractivity contribution >= 4 is 23.4 Å². The number of hydrogen-bond acceptors (Lipinski definition) is 7. The number of rotatable bonds is 11. The highest BCUT2D eigenvalue weighted by Gasteiger charge is 2.25. The molecule has 0 bridgehead atoms. The first-order valence-electron chi connectivity index (χ1n) is 12.3. The number of halogens is 1. The smallest absolute Gasteiger partial charge is 0.306 e. The van der Waals surface area contributed by atoms with Crippen LogP contribution < -0.4 is 14.4 Å². The van der Waals surface area contributed by atoms with Crippen LogP contribution >= 0.6 is 11.6 Å². The third-order valence-corrected chi connectivity index (χ3v) is 6.63. The summed E-state index contributed by atoms with van der Waals surface area (Å²) >= 11 is 6.12. The molecule has 2 aromatic carbocycles. The number of benzene rings is 2. The highest BCUT2D eigenvalue weighted by Crippen LogP contribution is 2.37. The zero-order valence-corrected chi connectivity index (χ0v) is 21.8. The van der Waals surface area contributed by atoms with E-state index in [0.29, 0.717) is 19.6 Å². The van der Waals surface area contributed by atoms with Gasteiger partial charge >= 0.3 is 5.97 Å². The second-order valence-electron chi connectivity index (χ2n) is 8.83. The summed E-state index contributed by atoms with van der Waals surface area (Å²) < 4.78 is 16.4. The number of carbonyl (C=O) groups excluding carboxylic acids is 1. The van der Waals surface area contributed by atoms with Crippen molar-refractivity contribution in [2.75, 3.05) is 38.8 Å². The quantitative estimate of drug-likeness (QED) is 0.186. The number of anilines is 1. The van der Waals surface area contributed by atoms with Crippen LogP contribution in [0.25, 0.3) is 11.1 Å². The molecule has 1 atom stereocenters. The standard InChI is InChI=1S/C28H32ClN3O4/c1-4-35-26(33)17-21-7-6-20-16-23(12-13-24(20)21)36-15-5-14-32(2)27-25(18-30-28(29)31-27)19-8-10-22(34-3)11-9-19/h8-13,16,18,21H,4-7,14-15,17H2,1-3H3/t21-/m0/s1. The van der Waals surface area contributed by atoms with Crippen LogP contribution in [0, 0.1) is 0 Å². The first-order valence-corrected chi connectivity index (χ1v) is 12.7. The summed E-state index contributed by atoms with van der Waals surface area (Å²) in [5, 5.41) is 0.213. The molecule has 36 heavy (non-hydrogen) atoms. The number of methoxy groups -OCH3 is 1. The maximum absolute atomic E-state index is 11.9. The van der Waals surface area contributed by atoms with E-state index in [-0.39, 0.29) is 17.2 Å². The Kier molecular flexibility index (Phi) is 8.65. The number of nitrogens with zero attached hydrogens (tertiary/aromatic N) is 3. The van der Waals surface area contributed by atoms with Crippen LogP contribution in [0.1, 0.15) is 43.2 Å². The Morgan fingerprint density at radius 3 is 2.69 bits per heavy atom. The molecule has 0 fully saturated rings. The fourth-order valence-electron chi connectivity index (χ4n) is 4.62. The monoisotopic (exact) mass is 509 g/mol. The highest BCUT2D eigenvalue weighted by molar-refractivity contribution is 6.28. The normalized spacial score (nSPS) is 14.3. The predicted octanol–water partition coefficient (Wildman–Crippen LogP) is 5.69. The number of fused-ring (bicyclic) bond motifs is 1. The van der Waals surface area contributed by atoms with Crippen molar-refractivity contribution in [3.63, 3.8) is 0 Å². The van der Waals surface area contributed by atoms with Crippen molar-refractivity contribution < 1.29 is 19.0 Å². The fraction of sp³-hybridized carbons (Fsp3) is 0.393. The van der Waals surface area contributed by atoms with Crippen LogP contribution in [-0.4, -0.2) is 49.9 Å². The second-order valence-corrected chi connectivity index (χ2v) is 9.17. The average Bonchev–Trinajstić information content (AvgIpc) is 3.28. The van der Waals surface area contributed by atoms with Gasteiger partial charge in [-0.25, -0.2) is 4.98 Å². The summed E-state index contributed by atoms with van der Waals surface area (Å²) in [7, 11) is 3.64.